The van der Waals surface area contributed by atoms with Crippen molar-refractivity contribution in [3.05, 3.63) is 23.8 Å². The van der Waals surface area contributed by atoms with Crippen LogP contribution in [0.4, 0.5) is 0 Å². The van der Waals surface area contributed by atoms with E-state index in [1.54, 1.807) is 6.07 Å². The molecule has 0 aromatic heterocycles. The third kappa shape index (κ3) is 3.21. The van der Waals surface area contributed by atoms with Gasteiger partial charge in [-0.25, -0.2) is 8.42 Å². The van der Waals surface area contributed by atoms with Crippen LogP contribution in [0.3, 0.4) is 0 Å². The molecule has 0 saturated carbocycles. The molecule has 1 rings (SSSR count). The van der Waals surface area contributed by atoms with Crippen LogP contribution in [0.2, 0.25) is 0 Å². The SMILES string of the molecule is CNCCc1ccc(S(C)(=O)=O)c(O)c1. The zero-order chi connectivity index (χ0) is 11.5. The topological polar surface area (TPSA) is 66.4 Å². The van der Waals surface area contributed by atoms with E-state index in [0.717, 1.165) is 24.8 Å². The first-order chi connectivity index (χ1) is 6.95. The summed E-state index contributed by atoms with van der Waals surface area (Å²) in [4.78, 5) is -0.0179. The molecular weight excluding hydrogens is 214 g/mol. The Morgan fingerprint density at radius 2 is 2.07 bits per heavy atom. The number of benzene rings is 1. The smallest absolute Gasteiger partial charge is 0.179 e. The van der Waals surface area contributed by atoms with Crippen molar-refractivity contribution in [2.75, 3.05) is 19.8 Å². The molecule has 0 bridgehead atoms. The molecule has 0 amide bonds. The van der Waals surface area contributed by atoms with Crippen molar-refractivity contribution in [1.29, 1.82) is 0 Å². The van der Waals surface area contributed by atoms with E-state index in [0.29, 0.717) is 0 Å². The Balaban J connectivity index is 2.99. The van der Waals surface area contributed by atoms with Gasteiger partial charge < -0.3 is 10.4 Å². The highest BCUT2D eigenvalue weighted by molar-refractivity contribution is 7.90. The molecule has 0 saturated heterocycles. The summed E-state index contributed by atoms with van der Waals surface area (Å²) in [5.41, 5.74) is 0.911. The Hall–Kier alpha value is -1.07. The molecule has 2 N–H and O–H groups in total. The van der Waals surface area contributed by atoms with Gasteiger partial charge in [-0.15, -0.1) is 0 Å². The highest BCUT2D eigenvalue weighted by Gasteiger charge is 2.12. The predicted molar refractivity (Wildman–Crippen MR) is 58.8 cm³/mol. The fraction of sp³-hybridized carbons (Fsp3) is 0.400. The third-order valence-corrected chi connectivity index (χ3v) is 3.23. The number of phenols is 1. The van der Waals surface area contributed by atoms with E-state index in [-0.39, 0.29) is 10.6 Å². The summed E-state index contributed by atoms with van der Waals surface area (Å²) >= 11 is 0. The normalized spacial score (nSPS) is 11.6. The molecule has 1 aromatic carbocycles. The van der Waals surface area contributed by atoms with E-state index in [4.69, 9.17) is 0 Å². The quantitative estimate of drug-likeness (QED) is 0.791. The molecule has 84 valence electrons. The van der Waals surface area contributed by atoms with Crippen LogP contribution in [0.5, 0.6) is 5.75 Å². The van der Waals surface area contributed by atoms with E-state index in [2.05, 4.69) is 5.32 Å². The van der Waals surface area contributed by atoms with Gasteiger partial charge in [0.2, 0.25) is 0 Å². The summed E-state index contributed by atoms with van der Waals surface area (Å²) in [5, 5.41) is 12.5. The van der Waals surface area contributed by atoms with Crippen molar-refractivity contribution < 1.29 is 13.5 Å². The summed E-state index contributed by atoms with van der Waals surface area (Å²) in [6.07, 6.45) is 1.84. The maximum absolute atomic E-state index is 11.2. The highest BCUT2D eigenvalue weighted by atomic mass is 32.2. The number of nitrogens with one attached hydrogen (secondary N) is 1. The number of rotatable bonds is 4. The highest BCUT2D eigenvalue weighted by Crippen LogP contribution is 2.23. The maximum Gasteiger partial charge on any atom is 0.179 e. The van der Waals surface area contributed by atoms with Gasteiger partial charge in [0.05, 0.1) is 0 Å². The van der Waals surface area contributed by atoms with Crippen LogP contribution in [0.15, 0.2) is 23.1 Å². The van der Waals surface area contributed by atoms with Crippen molar-refractivity contribution in [2.24, 2.45) is 0 Å². The van der Waals surface area contributed by atoms with Gasteiger partial charge in [-0.2, -0.15) is 0 Å². The van der Waals surface area contributed by atoms with Crippen molar-refractivity contribution in [2.45, 2.75) is 11.3 Å². The molecule has 0 spiro atoms. The van der Waals surface area contributed by atoms with Crippen LogP contribution in [0.25, 0.3) is 0 Å². The number of sulfone groups is 1. The molecule has 0 heterocycles. The van der Waals surface area contributed by atoms with Crippen molar-refractivity contribution >= 4 is 9.84 Å². The minimum absolute atomic E-state index is 0.0179. The van der Waals surface area contributed by atoms with Gasteiger partial charge in [0.25, 0.3) is 0 Å². The largest absolute Gasteiger partial charge is 0.507 e. The molecule has 0 aliphatic carbocycles. The average molecular weight is 229 g/mol. The fourth-order valence-corrected chi connectivity index (χ4v) is 2.06. The first-order valence-corrected chi connectivity index (χ1v) is 6.51. The maximum atomic E-state index is 11.2. The average Bonchev–Trinajstić information content (AvgIpc) is 2.12. The van der Waals surface area contributed by atoms with Crippen LogP contribution < -0.4 is 5.32 Å². The zero-order valence-electron chi connectivity index (χ0n) is 8.82. The predicted octanol–water partition coefficient (Wildman–Crippen LogP) is 0.558. The standard InChI is InChI=1S/C10H15NO3S/c1-11-6-5-8-3-4-10(9(12)7-8)15(2,13)14/h3-4,7,11-12H,5-6H2,1-2H3. The third-order valence-electron chi connectivity index (χ3n) is 2.09. The fourth-order valence-electron chi connectivity index (χ4n) is 1.30. The van der Waals surface area contributed by atoms with Gasteiger partial charge in [-0.05, 0) is 37.7 Å². The van der Waals surface area contributed by atoms with Crippen LogP contribution >= 0.6 is 0 Å². The molecule has 15 heavy (non-hydrogen) atoms. The summed E-state index contributed by atoms with van der Waals surface area (Å²) in [7, 11) is -1.50. The monoisotopic (exact) mass is 229 g/mol. The van der Waals surface area contributed by atoms with Gasteiger partial charge in [0.1, 0.15) is 10.6 Å². The minimum atomic E-state index is -3.34. The Morgan fingerprint density at radius 3 is 2.53 bits per heavy atom. The van der Waals surface area contributed by atoms with Crippen molar-refractivity contribution in [3.63, 3.8) is 0 Å². The van der Waals surface area contributed by atoms with E-state index in [1.807, 2.05) is 7.05 Å². The molecule has 1 aromatic rings. The lowest BCUT2D eigenvalue weighted by Gasteiger charge is -2.05. The summed E-state index contributed by atoms with van der Waals surface area (Å²) in [6.45, 7) is 0.789. The first-order valence-electron chi connectivity index (χ1n) is 4.61. The lowest BCUT2D eigenvalue weighted by Crippen LogP contribution is -2.10. The molecule has 0 radical (unpaired) electrons. The second kappa shape index (κ2) is 4.63. The van der Waals surface area contributed by atoms with Gasteiger partial charge in [0, 0.05) is 6.26 Å². The Labute approximate surface area is 89.9 Å². The van der Waals surface area contributed by atoms with Crippen LogP contribution in [-0.4, -0.2) is 33.4 Å². The lowest BCUT2D eigenvalue weighted by molar-refractivity contribution is 0.458. The van der Waals surface area contributed by atoms with E-state index in [1.165, 1.54) is 12.1 Å². The molecule has 0 aliphatic rings. The van der Waals surface area contributed by atoms with Gasteiger partial charge in [-0.1, -0.05) is 6.07 Å². The van der Waals surface area contributed by atoms with Crippen LogP contribution in [0, 0.1) is 0 Å². The lowest BCUT2D eigenvalue weighted by atomic mass is 10.1. The second-order valence-electron chi connectivity index (χ2n) is 3.43. The van der Waals surface area contributed by atoms with Gasteiger partial charge in [0.15, 0.2) is 9.84 Å². The Bertz CT molecular complexity index is 440. The van der Waals surface area contributed by atoms with E-state index in [9.17, 15) is 13.5 Å². The number of phenolic OH excluding ortho intramolecular Hbond substituents is 1. The number of aromatic hydroxyl groups is 1. The molecule has 4 nitrogen and oxygen atoms in total. The van der Waals surface area contributed by atoms with Crippen LogP contribution in [-0.2, 0) is 16.3 Å². The number of hydrogen-bond donors (Lipinski definition) is 2. The second-order valence-corrected chi connectivity index (χ2v) is 5.41. The van der Waals surface area contributed by atoms with Crippen molar-refractivity contribution in [3.8, 4) is 5.75 Å². The molecular formula is C10H15NO3S. The van der Waals surface area contributed by atoms with Gasteiger partial charge in [-0.3, -0.25) is 0 Å². The summed E-state index contributed by atoms with van der Waals surface area (Å²) < 4.78 is 22.4. The molecule has 0 aliphatic heterocycles. The molecule has 5 heteroatoms. The number of hydrogen-bond acceptors (Lipinski definition) is 4. The molecule has 0 unspecified atom stereocenters. The van der Waals surface area contributed by atoms with E-state index < -0.39 is 9.84 Å². The first kappa shape index (κ1) is 12.0. The van der Waals surface area contributed by atoms with Crippen molar-refractivity contribution in [1.82, 2.24) is 5.32 Å². The van der Waals surface area contributed by atoms with E-state index >= 15 is 0 Å². The summed E-state index contributed by atoms with van der Waals surface area (Å²) in [5.74, 6) is -0.175. The Kier molecular flexibility index (Phi) is 3.71. The minimum Gasteiger partial charge on any atom is -0.507 e. The van der Waals surface area contributed by atoms with Crippen LogP contribution in [0.1, 0.15) is 5.56 Å². The zero-order valence-corrected chi connectivity index (χ0v) is 9.63. The molecule has 0 fully saturated rings. The number of likely N-dealkylation sites (N-methyl/N-ethyl adjacent to an activating group) is 1. The van der Waals surface area contributed by atoms with Gasteiger partial charge >= 0.3 is 0 Å². The Morgan fingerprint density at radius 1 is 1.40 bits per heavy atom. The summed E-state index contributed by atoms with van der Waals surface area (Å²) in [6, 6.07) is 4.65. The molecule has 0 atom stereocenters.